The number of carbonyl (C=O) groups is 1. The van der Waals surface area contributed by atoms with E-state index >= 15 is 0 Å². The number of nitrogens with one attached hydrogen (secondary N) is 1. The number of rotatable bonds is 6. The van der Waals surface area contributed by atoms with Gasteiger partial charge in [-0.3, -0.25) is 9.36 Å². The van der Waals surface area contributed by atoms with Crippen molar-refractivity contribution in [3.05, 3.63) is 29.8 Å². The molecule has 2 aliphatic rings. The predicted octanol–water partition coefficient (Wildman–Crippen LogP) is 3.59. The quantitative estimate of drug-likeness (QED) is 0.751. The van der Waals surface area contributed by atoms with Crippen molar-refractivity contribution in [1.29, 1.82) is 5.26 Å². The summed E-state index contributed by atoms with van der Waals surface area (Å²) in [5, 5.41) is 21.2. The van der Waals surface area contributed by atoms with Crippen molar-refractivity contribution in [2.24, 2.45) is 0 Å². The van der Waals surface area contributed by atoms with E-state index in [0.29, 0.717) is 17.3 Å². The summed E-state index contributed by atoms with van der Waals surface area (Å²) in [5.74, 6) is 0.879. The van der Waals surface area contributed by atoms with Gasteiger partial charge in [-0.2, -0.15) is 5.26 Å². The van der Waals surface area contributed by atoms with Gasteiger partial charge in [0.1, 0.15) is 0 Å². The lowest BCUT2D eigenvalue weighted by Crippen LogP contribution is -2.32. The van der Waals surface area contributed by atoms with Gasteiger partial charge in [-0.05, 0) is 63.3 Å². The zero-order chi connectivity index (χ0) is 19.5. The van der Waals surface area contributed by atoms with Crippen LogP contribution in [-0.4, -0.2) is 39.0 Å². The van der Waals surface area contributed by atoms with Crippen LogP contribution in [0.2, 0.25) is 0 Å². The van der Waals surface area contributed by atoms with Gasteiger partial charge in [-0.15, -0.1) is 10.2 Å². The molecule has 1 N–H and O–H groups in total. The molecule has 0 unspecified atom stereocenters. The van der Waals surface area contributed by atoms with E-state index in [1.807, 2.05) is 6.92 Å². The standard InChI is InChI=1S/C20H24N6OS/c1-14(18(27)22-16-7-5-15(13-21)6-8-16)28-20-24-23-19(26(20)17-9-10-17)25-11-3-2-4-12-25/h5-8,14,17H,2-4,9-12H2,1H3,(H,22,27)/t14-/m1/s1. The molecule has 28 heavy (non-hydrogen) atoms. The third kappa shape index (κ3) is 4.14. The van der Waals surface area contributed by atoms with Crippen LogP contribution in [0, 0.1) is 11.3 Å². The Hall–Kier alpha value is -2.53. The molecule has 1 atom stereocenters. The summed E-state index contributed by atoms with van der Waals surface area (Å²) in [4.78, 5) is 14.9. The van der Waals surface area contributed by atoms with Crippen LogP contribution in [0.5, 0.6) is 0 Å². The molecule has 2 aromatic rings. The normalized spacial score (nSPS) is 17.8. The summed E-state index contributed by atoms with van der Waals surface area (Å²) in [6.45, 7) is 3.95. The first-order valence-corrected chi connectivity index (χ1v) is 10.7. The second-order valence-corrected chi connectivity index (χ2v) is 8.68. The fourth-order valence-corrected chi connectivity index (χ4v) is 4.31. The molecule has 0 bridgehead atoms. The number of aromatic nitrogens is 3. The van der Waals surface area contributed by atoms with E-state index in [9.17, 15) is 4.79 Å². The van der Waals surface area contributed by atoms with Crippen molar-refractivity contribution in [3.63, 3.8) is 0 Å². The van der Waals surface area contributed by atoms with Gasteiger partial charge in [0.25, 0.3) is 0 Å². The second kappa shape index (κ2) is 8.23. The summed E-state index contributed by atoms with van der Waals surface area (Å²) >= 11 is 1.46. The minimum absolute atomic E-state index is 0.0837. The van der Waals surface area contributed by atoms with Crippen LogP contribution in [-0.2, 0) is 4.79 Å². The maximum absolute atomic E-state index is 12.6. The molecular weight excluding hydrogens is 372 g/mol. The average molecular weight is 397 g/mol. The van der Waals surface area contributed by atoms with Crippen molar-refractivity contribution in [2.45, 2.75) is 55.5 Å². The highest BCUT2D eigenvalue weighted by Crippen LogP contribution is 2.42. The Morgan fingerprint density at radius 3 is 2.57 bits per heavy atom. The molecule has 8 heteroatoms. The number of anilines is 2. The van der Waals surface area contributed by atoms with Gasteiger partial charge in [0.2, 0.25) is 11.9 Å². The number of hydrogen-bond acceptors (Lipinski definition) is 6. The van der Waals surface area contributed by atoms with Crippen LogP contribution in [0.1, 0.15) is 50.6 Å². The van der Waals surface area contributed by atoms with Crippen LogP contribution >= 0.6 is 11.8 Å². The summed E-state index contributed by atoms with van der Waals surface area (Å²) < 4.78 is 2.24. The molecule has 146 valence electrons. The number of hydrogen-bond donors (Lipinski definition) is 1. The van der Waals surface area contributed by atoms with E-state index in [0.717, 1.165) is 37.0 Å². The summed E-state index contributed by atoms with van der Waals surface area (Å²) in [6, 6.07) is 9.42. The second-order valence-electron chi connectivity index (χ2n) is 7.37. The molecule has 4 rings (SSSR count). The molecule has 0 spiro atoms. The van der Waals surface area contributed by atoms with Gasteiger partial charge in [0.05, 0.1) is 16.9 Å². The van der Waals surface area contributed by atoms with E-state index in [-0.39, 0.29) is 11.2 Å². The molecule has 1 saturated heterocycles. The third-order valence-electron chi connectivity index (χ3n) is 5.13. The maximum Gasteiger partial charge on any atom is 0.237 e. The Morgan fingerprint density at radius 1 is 1.21 bits per heavy atom. The molecule has 1 amide bonds. The Bertz CT molecular complexity index is 877. The van der Waals surface area contributed by atoms with Crippen molar-refractivity contribution < 1.29 is 4.79 Å². The Balaban J connectivity index is 1.44. The SMILES string of the molecule is C[C@@H](Sc1nnc(N2CCCCC2)n1C1CC1)C(=O)Nc1ccc(C#N)cc1. The molecular formula is C20H24N6OS. The topological polar surface area (TPSA) is 86.8 Å². The van der Waals surface area contributed by atoms with E-state index < -0.39 is 0 Å². The highest BCUT2D eigenvalue weighted by molar-refractivity contribution is 8.00. The van der Waals surface area contributed by atoms with Gasteiger partial charge < -0.3 is 10.2 Å². The average Bonchev–Trinajstić information content (AvgIpc) is 3.49. The first-order valence-electron chi connectivity index (χ1n) is 9.83. The largest absolute Gasteiger partial charge is 0.341 e. The molecule has 1 aromatic heterocycles. The number of amides is 1. The van der Waals surface area contributed by atoms with Crippen molar-refractivity contribution >= 4 is 29.3 Å². The maximum atomic E-state index is 12.6. The van der Waals surface area contributed by atoms with Crippen molar-refractivity contribution in [3.8, 4) is 6.07 Å². The van der Waals surface area contributed by atoms with E-state index in [1.54, 1.807) is 24.3 Å². The monoisotopic (exact) mass is 396 g/mol. The number of nitriles is 1. The van der Waals surface area contributed by atoms with E-state index in [2.05, 4.69) is 31.1 Å². The van der Waals surface area contributed by atoms with Gasteiger partial charge in [-0.1, -0.05) is 11.8 Å². The van der Waals surface area contributed by atoms with E-state index in [1.165, 1.54) is 31.0 Å². The summed E-state index contributed by atoms with van der Waals surface area (Å²) in [7, 11) is 0. The van der Waals surface area contributed by atoms with Crippen molar-refractivity contribution in [1.82, 2.24) is 14.8 Å². The highest BCUT2D eigenvalue weighted by Gasteiger charge is 2.33. The molecule has 2 fully saturated rings. The Morgan fingerprint density at radius 2 is 1.93 bits per heavy atom. The minimum Gasteiger partial charge on any atom is -0.341 e. The molecule has 1 aliphatic carbocycles. The van der Waals surface area contributed by atoms with Crippen LogP contribution in [0.15, 0.2) is 29.4 Å². The minimum atomic E-state index is -0.299. The molecule has 2 heterocycles. The van der Waals surface area contributed by atoms with Crippen LogP contribution in [0.25, 0.3) is 0 Å². The van der Waals surface area contributed by atoms with Gasteiger partial charge in [0.15, 0.2) is 5.16 Å². The van der Waals surface area contributed by atoms with Crippen LogP contribution < -0.4 is 10.2 Å². The zero-order valence-electron chi connectivity index (χ0n) is 16.0. The number of piperidine rings is 1. The fraction of sp³-hybridized carbons (Fsp3) is 0.500. The molecule has 1 aromatic carbocycles. The smallest absolute Gasteiger partial charge is 0.237 e. The Kier molecular flexibility index (Phi) is 5.53. The van der Waals surface area contributed by atoms with Crippen molar-refractivity contribution in [2.75, 3.05) is 23.3 Å². The van der Waals surface area contributed by atoms with Gasteiger partial charge in [0, 0.05) is 24.8 Å². The number of carbonyl (C=O) groups excluding carboxylic acids is 1. The molecule has 1 saturated carbocycles. The highest BCUT2D eigenvalue weighted by atomic mass is 32.2. The van der Waals surface area contributed by atoms with Gasteiger partial charge in [-0.25, -0.2) is 0 Å². The van der Waals surface area contributed by atoms with Crippen LogP contribution in [0.4, 0.5) is 11.6 Å². The lowest BCUT2D eigenvalue weighted by atomic mass is 10.1. The molecule has 7 nitrogen and oxygen atoms in total. The lowest BCUT2D eigenvalue weighted by Gasteiger charge is -2.28. The Labute approximate surface area is 169 Å². The van der Waals surface area contributed by atoms with Gasteiger partial charge >= 0.3 is 0 Å². The number of nitrogens with zero attached hydrogens (tertiary/aromatic N) is 5. The number of thioether (sulfide) groups is 1. The third-order valence-corrected chi connectivity index (χ3v) is 6.19. The fourth-order valence-electron chi connectivity index (χ4n) is 3.40. The predicted molar refractivity (Wildman–Crippen MR) is 109 cm³/mol. The summed E-state index contributed by atoms with van der Waals surface area (Å²) in [5.41, 5.74) is 1.26. The molecule has 1 aliphatic heterocycles. The first-order chi connectivity index (χ1) is 13.7. The summed E-state index contributed by atoms with van der Waals surface area (Å²) in [6.07, 6.45) is 5.98. The lowest BCUT2D eigenvalue weighted by molar-refractivity contribution is -0.115. The zero-order valence-corrected chi connectivity index (χ0v) is 16.8. The molecule has 0 radical (unpaired) electrons. The number of benzene rings is 1. The van der Waals surface area contributed by atoms with Crippen LogP contribution in [0.3, 0.4) is 0 Å². The van der Waals surface area contributed by atoms with E-state index in [4.69, 9.17) is 5.26 Å². The first kappa shape index (κ1) is 18.8.